The van der Waals surface area contributed by atoms with Gasteiger partial charge in [0.05, 0.1) is 0 Å². The number of aromatic nitrogens is 2. The van der Waals surface area contributed by atoms with Crippen LogP contribution < -0.4 is 5.32 Å². The highest BCUT2D eigenvalue weighted by molar-refractivity contribution is 5.13. The summed E-state index contributed by atoms with van der Waals surface area (Å²) in [6.45, 7) is 12.2. The average Bonchev–Trinajstić information content (AvgIpc) is 2.74. The maximum absolute atomic E-state index is 4.41. The molecule has 0 saturated heterocycles. The van der Waals surface area contributed by atoms with E-state index in [-0.39, 0.29) is 5.41 Å². The smallest absolute Gasteiger partial charge is 0.0492 e. The highest BCUT2D eigenvalue weighted by atomic mass is 15.3. The van der Waals surface area contributed by atoms with Crippen molar-refractivity contribution < 1.29 is 0 Å². The van der Waals surface area contributed by atoms with E-state index in [0.29, 0.717) is 0 Å². The van der Waals surface area contributed by atoms with Crippen molar-refractivity contribution in [3.63, 3.8) is 0 Å². The van der Waals surface area contributed by atoms with Crippen molar-refractivity contribution in [3.8, 4) is 0 Å². The summed E-state index contributed by atoms with van der Waals surface area (Å²) in [5.74, 6) is 0. The maximum atomic E-state index is 4.41. The molecule has 0 saturated carbocycles. The largest absolute Gasteiger partial charge is 0.317 e. The van der Waals surface area contributed by atoms with Crippen molar-refractivity contribution >= 4 is 0 Å². The number of rotatable bonds is 8. The summed E-state index contributed by atoms with van der Waals surface area (Å²) in [5, 5.41) is 7.89. The van der Waals surface area contributed by atoms with E-state index in [4.69, 9.17) is 0 Å². The Labute approximate surface area is 106 Å². The van der Waals surface area contributed by atoms with Gasteiger partial charge in [0.2, 0.25) is 0 Å². The summed E-state index contributed by atoms with van der Waals surface area (Å²) >= 11 is 0. The molecule has 17 heavy (non-hydrogen) atoms. The fraction of sp³-hybridized carbons (Fsp3) is 0.786. The van der Waals surface area contributed by atoms with Gasteiger partial charge in [-0.15, -0.1) is 0 Å². The van der Waals surface area contributed by atoms with Gasteiger partial charge in [-0.2, -0.15) is 5.10 Å². The minimum atomic E-state index is 0.201. The SMILES string of the molecule is CCCNCCC(C)(C)c1ccnn1CCC. The Kier molecular flexibility index (Phi) is 5.69. The van der Waals surface area contributed by atoms with Gasteiger partial charge in [0.15, 0.2) is 0 Å². The van der Waals surface area contributed by atoms with Gasteiger partial charge < -0.3 is 5.32 Å². The van der Waals surface area contributed by atoms with E-state index < -0.39 is 0 Å². The second kappa shape index (κ2) is 6.80. The zero-order valence-electron chi connectivity index (χ0n) is 11.8. The number of nitrogens with zero attached hydrogens (tertiary/aromatic N) is 2. The molecule has 0 unspecified atom stereocenters. The molecule has 1 aromatic heterocycles. The summed E-state index contributed by atoms with van der Waals surface area (Å²) in [6.07, 6.45) is 5.42. The fourth-order valence-electron chi connectivity index (χ4n) is 2.13. The van der Waals surface area contributed by atoms with Gasteiger partial charge in [0.1, 0.15) is 0 Å². The molecule has 98 valence electrons. The first-order chi connectivity index (χ1) is 8.11. The zero-order chi connectivity index (χ0) is 12.7. The number of hydrogen-bond donors (Lipinski definition) is 1. The Morgan fingerprint density at radius 2 is 2.00 bits per heavy atom. The van der Waals surface area contributed by atoms with Gasteiger partial charge in [0.25, 0.3) is 0 Å². The standard InChI is InChI=1S/C14H27N3/c1-5-9-15-11-8-14(3,4)13-7-10-16-17(13)12-6-2/h7,10,15H,5-6,8-9,11-12H2,1-4H3. The number of aryl methyl sites for hydroxylation is 1. The van der Waals surface area contributed by atoms with E-state index >= 15 is 0 Å². The van der Waals surface area contributed by atoms with Gasteiger partial charge in [-0.3, -0.25) is 4.68 Å². The van der Waals surface area contributed by atoms with Crippen molar-refractivity contribution in [2.75, 3.05) is 13.1 Å². The molecule has 0 aliphatic rings. The van der Waals surface area contributed by atoms with Gasteiger partial charge in [-0.25, -0.2) is 0 Å². The van der Waals surface area contributed by atoms with E-state index in [9.17, 15) is 0 Å². The Hall–Kier alpha value is -0.830. The van der Waals surface area contributed by atoms with Gasteiger partial charge in [-0.05, 0) is 38.4 Å². The van der Waals surface area contributed by atoms with Gasteiger partial charge >= 0.3 is 0 Å². The molecule has 0 spiro atoms. The Balaban J connectivity index is 2.58. The van der Waals surface area contributed by atoms with Gasteiger partial charge in [-0.1, -0.05) is 27.7 Å². The molecule has 1 aromatic rings. The second-order valence-corrected chi connectivity index (χ2v) is 5.32. The minimum Gasteiger partial charge on any atom is -0.317 e. The molecule has 0 fully saturated rings. The topological polar surface area (TPSA) is 29.9 Å². The van der Waals surface area contributed by atoms with E-state index in [0.717, 1.165) is 32.5 Å². The Morgan fingerprint density at radius 3 is 2.65 bits per heavy atom. The lowest BCUT2D eigenvalue weighted by molar-refractivity contribution is 0.410. The van der Waals surface area contributed by atoms with Crippen LogP contribution in [0.15, 0.2) is 12.3 Å². The molecule has 3 nitrogen and oxygen atoms in total. The van der Waals surface area contributed by atoms with Crippen LogP contribution in [-0.2, 0) is 12.0 Å². The molecule has 3 heteroatoms. The summed E-state index contributed by atoms with van der Waals surface area (Å²) in [7, 11) is 0. The summed E-state index contributed by atoms with van der Waals surface area (Å²) in [5.41, 5.74) is 1.56. The van der Waals surface area contributed by atoms with Crippen LogP contribution >= 0.6 is 0 Å². The number of hydrogen-bond acceptors (Lipinski definition) is 2. The Morgan fingerprint density at radius 1 is 1.24 bits per heavy atom. The predicted molar refractivity (Wildman–Crippen MR) is 73.3 cm³/mol. The average molecular weight is 237 g/mol. The van der Waals surface area contributed by atoms with Crippen LogP contribution in [0.3, 0.4) is 0 Å². The molecule has 0 aliphatic carbocycles. The summed E-state index contributed by atoms with van der Waals surface area (Å²) < 4.78 is 2.15. The molecular formula is C14H27N3. The van der Waals surface area contributed by atoms with Crippen LogP contribution in [0.5, 0.6) is 0 Å². The molecule has 0 aromatic carbocycles. The second-order valence-electron chi connectivity index (χ2n) is 5.32. The molecule has 0 atom stereocenters. The highest BCUT2D eigenvalue weighted by Crippen LogP contribution is 2.26. The molecular weight excluding hydrogens is 210 g/mol. The molecule has 1 N–H and O–H groups in total. The van der Waals surface area contributed by atoms with E-state index in [1.807, 2.05) is 6.20 Å². The van der Waals surface area contributed by atoms with Gasteiger partial charge in [0, 0.05) is 23.9 Å². The molecule has 0 bridgehead atoms. The van der Waals surface area contributed by atoms with Crippen molar-refractivity contribution in [3.05, 3.63) is 18.0 Å². The van der Waals surface area contributed by atoms with E-state index in [1.54, 1.807) is 0 Å². The first kappa shape index (κ1) is 14.2. The fourth-order valence-corrected chi connectivity index (χ4v) is 2.13. The summed E-state index contributed by atoms with van der Waals surface area (Å²) in [4.78, 5) is 0. The Bertz CT molecular complexity index is 315. The van der Waals surface area contributed by atoms with Crippen molar-refractivity contribution in [2.24, 2.45) is 0 Å². The third kappa shape index (κ3) is 4.15. The molecule has 0 aliphatic heterocycles. The van der Waals surface area contributed by atoms with Crippen LogP contribution in [0.4, 0.5) is 0 Å². The van der Waals surface area contributed by atoms with Crippen molar-refractivity contribution in [1.82, 2.24) is 15.1 Å². The van der Waals surface area contributed by atoms with Crippen LogP contribution in [0.2, 0.25) is 0 Å². The minimum absolute atomic E-state index is 0.201. The van der Waals surface area contributed by atoms with Crippen LogP contribution in [0.1, 0.15) is 52.7 Å². The van der Waals surface area contributed by atoms with Crippen molar-refractivity contribution in [2.45, 2.75) is 58.9 Å². The van der Waals surface area contributed by atoms with Crippen LogP contribution in [0.25, 0.3) is 0 Å². The monoisotopic (exact) mass is 237 g/mol. The normalized spacial score (nSPS) is 12.0. The summed E-state index contributed by atoms with van der Waals surface area (Å²) in [6, 6.07) is 2.16. The molecule has 1 rings (SSSR count). The third-order valence-corrected chi connectivity index (χ3v) is 3.20. The zero-order valence-corrected chi connectivity index (χ0v) is 11.8. The lowest BCUT2D eigenvalue weighted by atomic mass is 9.85. The lowest BCUT2D eigenvalue weighted by Crippen LogP contribution is -2.28. The third-order valence-electron chi connectivity index (χ3n) is 3.20. The highest BCUT2D eigenvalue weighted by Gasteiger charge is 2.23. The predicted octanol–water partition coefficient (Wildman–Crippen LogP) is 2.96. The maximum Gasteiger partial charge on any atom is 0.0492 e. The van der Waals surface area contributed by atoms with Crippen molar-refractivity contribution in [1.29, 1.82) is 0 Å². The quantitative estimate of drug-likeness (QED) is 0.704. The van der Waals surface area contributed by atoms with E-state index in [1.165, 1.54) is 12.1 Å². The molecule has 1 heterocycles. The van der Waals surface area contributed by atoms with E-state index in [2.05, 4.69) is 48.9 Å². The van der Waals surface area contributed by atoms with Crippen LogP contribution in [0, 0.1) is 0 Å². The number of nitrogens with one attached hydrogen (secondary N) is 1. The first-order valence-electron chi connectivity index (χ1n) is 6.84. The van der Waals surface area contributed by atoms with Crippen LogP contribution in [-0.4, -0.2) is 22.9 Å². The molecule has 0 amide bonds. The lowest BCUT2D eigenvalue weighted by Gasteiger charge is -2.26. The first-order valence-corrected chi connectivity index (χ1v) is 6.84. The molecule has 0 radical (unpaired) electrons.